The molecule has 1 N–H and O–H groups in total. The Labute approximate surface area is 199 Å². The summed E-state index contributed by atoms with van der Waals surface area (Å²) < 4.78 is 1.74. The number of anilines is 1. The molecule has 0 radical (unpaired) electrons. The van der Waals surface area contributed by atoms with Gasteiger partial charge >= 0.3 is 0 Å². The second kappa shape index (κ2) is 9.50. The van der Waals surface area contributed by atoms with Gasteiger partial charge in [0.05, 0.1) is 11.9 Å². The fraction of sp³-hybridized carbons (Fsp3) is 0.480. The first-order chi connectivity index (χ1) is 16.5. The number of nitrogens with zero attached hydrogens (tertiary/aromatic N) is 6. The van der Waals surface area contributed by atoms with Crippen molar-refractivity contribution >= 4 is 28.4 Å². The van der Waals surface area contributed by atoms with E-state index in [1.807, 2.05) is 30.3 Å². The predicted molar refractivity (Wildman–Crippen MR) is 130 cm³/mol. The van der Waals surface area contributed by atoms with Gasteiger partial charge in [-0.15, -0.1) is 0 Å². The van der Waals surface area contributed by atoms with Gasteiger partial charge < -0.3 is 15.1 Å². The van der Waals surface area contributed by atoms with Crippen LogP contribution in [0.5, 0.6) is 0 Å². The normalized spacial score (nSPS) is 21.5. The SMILES string of the molecule is CN1CCN(C(=O)[C@H]2CC[C@H](C(=O)Nc3cc4cc(-c5cnn(C)c5)ncc4cn3)CC2)CC1. The van der Waals surface area contributed by atoms with Gasteiger partial charge in [-0.3, -0.25) is 19.3 Å². The first kappa shape index (κ1) is 22.5. The molecule has 9 heteroatoms. The fourth-order valence-electron chi connectivity index (χ4n) is 4.93. The molecular weight excluding hydrogens is 430 g/mol. The van der Waals surface area contributed by atoms with Crippen molar-refractivity contribution < 1.29 is 9.59 Å². The first-order valence-electron chi connectivity index (χ1n) is 12.0. The Balaban J connectivity index is 1.20. The van der Waals surface area contributed by atoms with E-state index in [9.17, 15) is 9.59 Å². The summed E-state index contributed by atoms with van der Waals surface area (Å²) in [6.07, 6.45) is 10.2. The van der Waals surface area contributed by atoms with E-state index in [4.69, 9.17) is 0 Å². The summed E-state index contributed by atoms with van der Waals surface area (Å²) in [6.45, 7) is 3.48. The van der Waals surface area contributed by atoms with Gasteiger partial charge in [-0.1, -0.05) is 0 Å². The Bertz CT molecular complexity index is 1190. The monoisotopic (exact) mass is 461 g/mol. The second-order valence-electron chi connectivity index (χ2n) is 9.56. The molecular formula is C25H31N7O2. The van der Waals surface area contributed by atoms with Crippen LogP contribution in [0.15, 0.2) is 36.9 Å². The number of likely N-dealkylation sites (N-methyl/N-ethyl adjacent to an activating group) is 1. The van der Waals surface area contributed by atoms with E-state index in [-0.39, 0.29) is 23.7 Å². The fourth-order valence-corrected chi connectivity index (χ4v) is 4.93. The second-order valence-corrected chi connectivity index (χ2v) is 9.56. The molecule has 34 heavy (non-hydrogen) atoms. The highest BCUT2D eigenvalue weighted by molar-refractivity contribution is 5.94. The Morgan fingerprint density at radius 2 is 1.59 bits per heavy atom. The number of fused-ring (bicyclic) bond motifs is 1. The molecule has 1 saturated carbocycles. The Morgan fingerprint density at radius 3 is 2.29 bits per heavy atom. The Hall–Kier alpha value is -3.33. The molecule has 2 amide bonds. The number of carbonyl (C=O) groups excluding carboxylic acids is 2. The molecule has 1 saturated heterocycles. The molecule has 1 aliphatic heterocycles. The zero-order chi connectivity index (χ0) is 23.7. The minimum Gasteiger partial charge on any atom is -0.340 e. The first-order valence-corrected chi connectivity index (χ1v) is 12.0. The number of hydrogen-bond donors (Lipinski definition) is 1. The minimum atomic E-state index is -0.0857. The number of carbonyl (C=O) groups is 2. The van der Waals surface area contributed by atoms with Crippen molar-refractivity contribution in [2.24, 2.45) is 18.9 Å². The van der Waals surface area contributed by atoms with Crippen LogP contribution in [0.4, 0.5) is 5.82 Å². The summed E-state index contributed by atoms with van der Waals surface area (Å²) in [4.78, 5) is 39.0. The molecule has 4 heterocycles. The summed E-state index contributed by atoms with van der Waals surface area (Å²) in [5, 5.41) is 9.07. The average molecular weight is 462 g/mol. The standard InChI is InChI=1S/C25H31N7O2/c1-30-7-9-32(10-8-30)25(34)18-5-3-17(4-6-18)24(33)29-23-12-19-11-22(21-15-28-31(2)16-21)26-13-20(19)14-27-23/h11-18H,3-10H2,1-2H3,(H,27,29,33)/t17-,18-. The summed E-state index contributed by atoms with van der Waals surface area (Å²) in [7, 11) is 3.96. The number of rotatable bonds is 4. The Kier molecular flexibility index (Phi) is 6.28. The zero-order valence-electron chi connectivity index (χ0n) is 19.8. The van der Waals surface area contributed by atoms with E-state index < -0.39 is 0 Å². The zero-order valence-corrected chi connectivity index (χ0v) is 19.8. The molecule has 1 aliphatic carbocycles. The molecule has 0 aromatic carbocycles. The summed E-state index contributed by atoms with van der Waals surface area (Å²) in [5.41, 5.74) is 1.77. The number of pyridine rings is 2. The maximum Gasteiger partial charge on any atom is 0.228 e. The highest BCUT2D eigenvalue weighted by Gasteiger charge is 2.33. The Morgan fingerprint density at radius 1 is 0.882 bits per heavy atom. The third-order valence-electron chi connectivity index (χ3n) is 7.12. The van der Waals surface area contributed by atoms with Crippen molar-refractivity contribution in [3.63, 3.8) is 0 Å². The topological polar surface area (TPSA) is 96.2 Å². The van der Waals surface area contributed by atoms with Gasteiger partial charge in [0.1, 0.15) is 5.82 Å². The highest BCUT2D eigenvalue weighted by atomic mass is 16.2. The highest BCUT2D eigenvalue weighted by Crippen LogP contribution is 2.31. The van der Waals surface area contributed by atoms with Crippen LogP contribution >= 0.6 is 0 Å². The van der Waals surface area contributed by atoms with Crippen molar-refractivity contribution in [2.45, 2.75) is 25.7 Å². The molecule has 0 bridgehead atoms. The molecule has 3 aromatic heterocycles. The van der Waals surface area contributed by atoms with Gasteiger partial charge in [-0.05, 0) is 50.2 Å². The van der Waals surface area contributed by atoms with E-state index in [1.165, 1.54) is 0 Å². The third kappa shape index (κ3) is 4.79. The summed E-state index contributed by atoms with van der Waals surface area (Å²) in [5.74, 6) is 0.749. The van der Waals surface area contributed by atoms with E-state index in [0.29, 0.717) is 5.82 Å². The van der Waals surface area contributed by atoms with Crippen LogP contribution in [0.2, 0.25) is 0 Å². The molecule has 0 unspecified atom stereocenters. The van der Waals surface area contributed by atoms with Crippen molar-refractivity contribution in [3.8, 4) is 11.3 Å². The molecule has 5 rings (SSSR count). The van der Waals surface area contributed by atoms with Crippen molar-refractivity contribution in [3.05, 3.63) is 36.9 Å². The van der Waals surface area contributed by atoms with E-state index in [0.717, 1.165) is 73.9 Å². The van der Waals surface area contributed by atoms with Crippen LogP contribution in [0.1, 0.15) is 25.7 Å². The maximum atomic E-state index is 12.9. The molecule has 9 nitrogen and oxygen atoms in total. The van der Waals surface area contributed by atoms with Gasteiger partial charge in [0, 0.05) is 74.6 Å². The molecule has 0 spiro atoms. The summed E-state index contributed by atoms with van der Waals surface area (Å²) >= 11 is 0. The van der Waals surface area contributed by atoms with Crippen LogP contribution in [-0.2, 0) is 16.6 Å². The predicted octanol–water partition coefficient (Wildman–Crippen LogP) is 2.55. The lowest BCUT2D eigenvalue weighted by Gasteiger charge is -2.36. The van der Waals surface area contributed by atoms with Crippen molar-refractivity contribution in [2.75, 3.05) is 38.5 Å². The molecule has 2 aliphatic rings. The minimum absolute atomic E-state index is 0.0149. The van der Waals surface area contributed by atoms with Crippen LogP contribution in [0.25, 0.3) is 22.0 Å². The van der Waals surface area contributed by atoms with Crippen LogP contribution in [0.3, 0.4) is 0 Å². The van der Waals surface area contributed by atoms with E-state index >= 15 is 0 Å². The number of aromatic nitrogens is 4. The molecule has 178 valence electrons. The number of hydrogen-bond acceptors (Lipinski definition) is 6. The number of amides is 2. The van der Waals surface area contributed by atoms with Gasteiger partial charge in [0.2, 0.25) is 11.8 Å². The van der Waals surface area contributed by atoms with Gasteiger partial charge in [-0.25, -0.2) is 4.98 Å². The van der Waals surface area contributed by atoms with Gasteiger partial charge in [0.15, 0.2) is 0 Å². The number of nitrogens with one attached hydrogen (secondary N) is 1. The molecule has 2 fully saturated rings. The lowest BCUT2D eigenvalue weighted by atomic mass is 9.81. The summed E-state index contributed by atoms with van der Waals surface area (Å²) in [6, 6.07) is 3.87. The number of aryl methyl sites for hydroxylation is 1. The van der Waals surface area contributed by atoms with Crippen molar-refractivity contribution in [1.29, 1.82) is 0 Å². The molecule has 0 atom stereocenters. The quantitative estimate of drug-likeness (QED) is 0.642. The van der Waals surface area contributed by atoms with Crippen LogP contribution in [-0.4, -0.2) is 74.6 Å². The van der Waals surface area contributed by atoms with Gasteiger partial charge in [-0.2, -0.15) is 5.10 Å². The van der Waals surface area contributed by atoms with Crippen LogP contribution in [0, 0.1) is 11.8 Å². The van der Waals surface area contributed by atoms with E-state index in [1.54, 1.807) is 23.3 Å². The largest absolute Gasteiger partial charge is 0.340 e. The van der Waals surface area contributed by atoms with Gasteiger partial charge in [0.25, 0.3) is 0 Å². The smallest absolute Gasteiger partial charge is 0.228 e. The average Bonchev–Trinajstić information content (AvgIpc) is 3.30. The maximum absolute atomic E-state index is 12.9. The van der Waals surface area contributed by atoms with Crippen molar-refractivity contribution in [1.82, 2.24) is 29.5 Å². The number of piperazine rings is 1. The lowest BCUT2D eigenvalue weighted by Crippen LogP contribution is -2.49. The third-order valence-corrected chi connectivity index (χ3v) is 7.12. The molecule has 3 aromatic rings. The van der Waals surface area contributed by atoms with Crippen LogP contribution < -0.4 is 5.32 Å². The lowest BCUT2D eigenvalue weighted by molar-refractivity contribution is -0.139. The van der Waals surface area contributed by atoms with E-state index in [2.05, 4.69) is 32.3 Å².